The summed E-state index contributed by atoms with van der Waals surface area (Å²) < 4.78 is 35.9. The summed E-state index contributed by atoms with van der Waals surface area (Å²) in [5.41, 5.74) is 3.97. The van der Waals surface area contributed by atoms with Crippen LogP contribution in [-0.4, -0.2) is 35.2 Å². The zero-order valence-corrected chi connectivity index (χ0v) is 21.6. The van der Waals surface area contributed by atoms with Gasteiger partial charge in [0.15, 0.2) is 0 Å². The Hall–Kier alpha value is -2.05. The van der Waals surface area contributed by atoms with E-state index in [2.05, 4.69) is 37.8 Å². The van der Waals surface area contributed by atoms with Crippen molar-refractivity contribution in [2.45, 2.75) is 64.7 Å². The van der Waals surface area contributed by atoms with Gasteiger partial charge in [-0.15, -0.1) is 0 Å². The van der Waals surface area contributed by atoms with E-state index in [9.17, 15) is 8.42 Å². The molecule has 0 bridgehead atoms. The van der Waals surface area contributed by atoms with Crippen LogP contribution in [0.5, 0.6) is 5.75 Å². The Kier molecular flexibility index (Phi) is 8.46. The number of hydrogen-bond donors (Lipinski definition) is 0. The van der Waals surface area contributed by atoms with Gasteiger partial charge in [-0.25, -0.2) is 0 Å². The Morgan fingerprint density at radius 2 is 1.70 bits per heavy atom. The van der Waals surface area contributed by atoms with Gasteiger partial charge in [0.25, 0.3) is 10.1 Å². The first-order chi connectivity index (χ1) is 15.6. The molecule has 0 saturated carbocycles. The van der Waals surface area contributed by atoms with E-state index in [1.807, 2.05) is 13.0 Å². The Labute approximate surface area is 200 Å². The van der Waals surface area contributed by atoms with E-state index in [4.69, 9.17) is 8.92 Å². The lowest BCUT2D eigenvalue weighted by molar-refractivity contribution is 0.228. The van der Waals surface area contributed by atoms with Gasteiger partial charge in [0.05, 0.1) is 18.6 Å². The minimum Gasteiger partial charge on any atom is -0.497 e. The highest BCUT2D eigenvalue weighted by atomic mass is 32.2. The van der Waals surface area contributed by atoms with Gasteiger partial charge in [-0.05, 0) is 74.1 Å². The molecule has 0 radical (unpaired) electrons. The van der Waals surface area contributed by atoms with Gasteiger partial charge in [-0.1, -0.05) is 44.5 Å². The molecule has 33 heavy (non-hydrogen) atoms. The number of benzene rings is 2. The molecule has 1 heterocycles. The summed E-state index contributed by atoms with van der Waals surface area (Å²) in [6, 6.07) is 13.2. The van der Waals surface area contributed by atoms with Gasteiger partial charge in [0.1, 0.15) is 5.75 Å². The number of hydrogen-bond acceptors (Lipinski definition) is 5. The standard InChI is InChI=1S/C27H39NO4S/c1-21-8-12-25(13-9-21)33(29,30)32-20-22-14-17-28(18-15-22)26-19-24(31-5)11-10-23(26)7-6-16-27(2,3)4/h8-13,19,22H,6-7,14-18,20H2,1-5H3. The normalized spacial score (nSPS) is 15.6. The number of aryl methyl sites for hydroxylation is 2. The van der Waals surface area contributed by atoms with Crippen LogP contribution in [0, 0.1) is 18.3 Å². The van der Waals surface area contributed by atoms with Crippen LogP contribution in [0.25, 0.3) is 0 Å². The van der Waals surface area contributed by atoms with Crippen molar-refractivity contribution in [1.82, 2.24) is 0 Å². The van der Waals surface area contributed by atoms with E-state index in [1.54, 1.807) is 31.4 Å². The summed E-state index contributed by atoms with van der Waals surface area (Å²) in [6.07, 6.45) is 5.20. The zero-order valence-electron chi connectivity index (χ0n) is 20.8. The first-order valence-electron chi connectivity index (χ1n) is 12.0. The molecule has 1 fully saturated rings. The first kappa shape index (κ1) is 25.6. The third-order valence-corrected chi connectivity index (χ3v) is 7.69. The lowest BCUT2D eigenvalue weighted by Crippen LogP contribution is -2.36. The fourth-order valence-electron chi connectivity index (χ4n) is 4.28. The number of nitrogens with zero attached hydrogens (tertiary/aromatic N) is 1. The van der Waals surface area contributed by atoms with Crippen LogP contribution in [0.4, 0.5) is 5.69 Å². The van der Waals surface area contributed by atoms with Crippen LogP contribution in [-0.2, 0) is 20.7 Å². The molecule has 0 aliphatic carbocycles. The van der Waals surface area contributed by atoms with Crippen LogP contribution >= 0.6 is 0 Å². The molecule has 0 amide bonds. The third-order valence-electron chi connectivity index (χ3n) is 6.39. The molecule has 6 heteroatoms. The fourth-order valence-corrected chi connectivity index (χ4v) is 5.26. The van der Waals surface area contributed by atoms with E-state index in [1.165, 1.54) is 17.7 Å². The van der Waals surface area contributed by atoms with E-state index in [0.717, 1.165) is 50.1 Å². The van der Waals surface area contributed by atoms with Gasteiger partial charge in [-0.2, -0.15) is 8.42 Å². The Bertz CT molecular complexity index is 1000. The molecule has 0 spiro atoms. The second kappa shape index (κ2) is 10.9. The van der Waals surface area contributed by atoms with Crippen molar-refractivity contribution in [1.29, 1.82) is 0 Å². The number of piperidine rings is 1. The second-order valence-corrected chi connectivity index (χ2v) is 12.0. The Morgan fingerprint density at radius 3 is 2.30 bits per heavy atom. The van der Waals surface area contributed by atoms with Gasteiger partial charge in [0.2, 0.25) is 0 Å². The van der Waals surface area contributed by atoms with Gasteiger partial charge in [-0.3, -0.25) is 4.18 Å². The largest absolute Gasteiger partial charge is 0.497 e. The highest BCUT2D eigenvalue weighted by molar-refractivity contribution is 7.86. The molecule has 2 aromatic carbocycles. The summed E-state index contributed by atoms with van der Waals surface area (Å²) in [7, 11) is -2.01. The van der Waals surface area contributed by atoms with Crippen molar-refractivity contribution >= 4 is 15.8 Å². The summed E-state index contributed by atoms with van der Waals surface area (Å²) in [4.78, 5) is 2.64. The number of anilines is 1. The van der Waals surface area contributed by atoms with E-state index >= 15 is 0 Å². The van der Waals surface area contributed by atoms with Crippen LogP contribution in [0.3, 0.4) is 0 Å². The Balaban J connectivity index is 1.59. The zero-order chi connectivity index (χ0) is 24.1. The Morgan fingerprint density at radius 1 is 1.03 bits per heavy atom. The quantitative estimate of drug-likeness (QED) is 0.419. The summed E-state index contributed by atoms with van der Waals surface area (Å²) in [6.45, 7) is 10.8. The van der Waals surface area contributed by atoms with Gasteiger partial charge >= 0.3 is 0 Å². The molecule has 1 saturated heterocycles. The minimum absolute atomic E-state index is 0.224. The van der Waals surface area contributed by atoms with Gasteiger partial charge in [0, 0.05) is 24.8 Å². The van der Waals surface area contributed by atoms with Crippen LogP contribution in [0.1, 0.15) is 57.6 Å². The fraction of sp³-hybridized carbons (Fsp3) is 0.556. The average Bonchev–Trinajstić information content (AvgIpc) is 2.78. The van der Waals surface area contributed by atoms with Crippen molar-refractivity contribution in [2.75, 3.05) is 31.7 Å². The third kappa shape index (κ3) is 7.47. The summed E-state index contributed by atoms with van der Waals surface area (Å²) in [5, 5.41) is 0. The predicted octanol–water partition coefficient (Wildman–Crippen LogP) is 5.99. The van der Waals surface area contributed by atoms with Crippen molar-refractivity contribution in [2.24, 2.45) is 11.3 Å². The topological polar surface area (TPSA) is 55.8 Å². The molecule has 3 rings (SSSR count). The van der Waals surface area contributed by atoms with E-state index in [-0.39, 0.29) is 17.4 Å². The molecule has 1 aliphatic heterocycles. The molecule has 0 unspecified atom stereocenters. The van der Waals surface area contributed by atoms with Crippen molar-refractivity contribution in [3.8, 4) is 5.75 Å². The molecular formula is C27H39NO4S. The van der Waals surface area contributed by atoms with Crippen LogP contribution in [0.2, 0.25) is 0 Å². The maximum Gasteiger partial charge on any atom is 0.296 e. The SMILES string of the molecule is COc1ccc(CCCC(C)(C)C)c(N2CCC(COS(=O)(=O)c3ccc(C)cc3)CC2)c1. The minimum atomic E-state index is -3.71. The maximum absolute atomic E-state index is 12.5. The van der Waals surface area contributed by atoms with Crippen molar-refractivity contribution in [3.05, 3.63) is 53.6 Å². The highest BCUT2D eigenvalue weighted by Crippen LogP contribution is 2.32. The van der Waals surface area contributed by atoms with Crippen molar-refractivity contribution < 1.29 is 17.3 Å². The number of rotatable bonds is 9. The maximum atomic E-state index is 12.5. The molecular weight excluding hydrogens is 434 g/mol. The van der Waals surface area contributed by atoms with E-state index < -0.39 is 10.1 Å². The molecule has 182 valence electrons. The van der Waals surface area contributed by atoms with E-state index in [0.29, 0.717) is 5.41 Å². The highest BCUT2D eigenvalue weighted by Gasteiger charge is 2.24. The number of ether oxygens (including phenoxy) is 1. The van der Waals surface area contributed by atoms with Crippen molar-refractivity contribution in [3.63, 3.8) is 0 Å². The number of methoxy groups -OCH3 is 1. The average molecular weight is 474 g/mol. The van der Waals surface area contributed by atoms with Gasteiger partial charge < -0.3 is 9.64 Å². The molecule has 0 N–H and O–H groups in total. The monoisotopic (exact) mass is 473 g/mol. The molecule has 2 aromatic rings. The predicted molar refractivity (Wildman–Crippen MR) is 135 cm³/mol. The lowest BCUT2D eigenvalue weighted by Gasteiger charge is -2.35. The lowest BCUT2D eigenvalue weighted by atomic mass is 9.88. The summed E-state index contributed by atoms with van der Waals surface area (Å²) in [5.74, 6) is 1.11. The van der Waals surface area contributed by atoms with Crippen LogP contribution in [0.15, 0.2) is 47.4 Å². The molecule has 0 atom stereocenters. The smallest absolute Gasteiger partial charge is 0.296 e. The molecule has 1 aliphatic rings. The first-order valence-corrected chi connectivity index (χ1v) is 13.4. The second-order valence-electron chi connectivity index (χ2n) is 10.4. The molecule has 5 nitrogen and oxygen atoms in total. The van der Waals surface area contributed by atoms with Crippen LogP contribution < -0.4 is 9.64 Å². The summed E-state index contributed by atoms with van der Waals surface area (Å²) >= 11 is 0. The molecule has 0 aromatic heterocycles.